The highest BCUT2D eigenvalue weighted by molar-refractivity contribution is 5.78. The lowest BCUT2D eigenvalue weighted by Crippen LogP contribution is -2.42. The summed E-state index contributed by atoms with van der Waals surface area (Å²) in [6.45, 7) is 3.91. The van der Waals surface area contributed by atoms with Crippen LogP contribution in [0.25, 0.3) is 10.9 Å². The molecule has 1 amide bonds. The molecule has 2 fully saturated rings. The van der Waals surface area contributed by atoms with Crippen LogP contribution in [-0.4, -0.2) is 64.6 Å². The summed E-state index contributed by atoms with van der Waals surface area (Å²) < 4.78 is 5.76. The molecule has 2 aliphatic rings. The molecule has 0 bridgehead atoms. The van der Waals surface area contributed by atoms with Crippen LogP contribution >= 0.6 is 0 Å². The molecule has 0 saturated carbocycles. The molecule has 144 valence electrons. The molecule has 27 heavy (non-hydrogen) atoms. The van der Waals surface area contributed by atoms with E-state index in [1.54, 1.807) is 6.07 Å². The Labute approximate surface area is 158 Å². The summed E-state index contributed by atoms with van der Waals surface area (Å²) in [5.41, 5.74) is 0.540. The van der Waals surface area contributed by atoms with Gasteiger partial charge in [0.2, 0.25) is 5.91 Å². The van der Waals surface area contributed by atoms with Crippen LogP contribution in [0.2, 0.25) is 0 Å². The number of fused-ring (bicyclic) bond motifs is 1. The number of rotatable bonds is 6. The summed E-state index contributed by atoms with van der Waals surface area (Å²) in [5.74, 6) is 0.736. The number of aromatic amines is 1. The molecule has 1 aromatic heterocycles. The SMILES string of the molecule is O=C(CN(Cc1nc2ccccc2c(=O)[nH]1)CC1CCCO1)N1CCCC1. The van der Waals surface area contributed by atoms with Crippen molar-refractivity contribution in [3.8, 4) is 0 Å². The van der Waals surface area contributed by atoms with Crippen LogP contribution in [0.3, 0.4) is 0 Å². The number of ether oxygens (including phenoxy) is 1. The Hall–Kier alpha value is -2.25. The van der Waals surface area contributed by atoms with Gasteiger partial charge in [0.1, 0.15) is 5.82 Å². The number of nitrogens with zero attached hydrogens (tertiary/aromatic N) is 3. The number of nitrogens with one attached hydrogen (secondary N) is 1. The summed E-state index contributed by atoms with van der Waals surface area (Å²) in [6, 6.07) is 7.32. The number of aromatic nitrogens is 2. The van der Waals surface area contributed by atoms with E-state index >= 15 is 0 Å². The summed E-state index contributed by atoms with van der Waals surface area (Å²) in [5, 5.41) is 0.583. The quantitative estimate of drug-likeness (QED) is 0.834. The van der Waals surface area contributed by atoms with Gasteiger partial charge in [-0.05, 0) is 37.8 Å². The number of para-hydroxylation sites is 1. The van der Waals surface area contributed by atoms with Crippen molar-refractivity contribution in [1.29, 1.82) is 0 Å². The number of amides is 1. The van der Waals surface area contributed by atoms with Gasteiger partial charge in [0.05, 0.1) is 30.1 Å². The van der Waals surface area contributed by atoms with Crippen molar-refractivity contribution in [3.63, 3.8) is 0 Å². The van der Waals surface area contributed by atoms with E-state index in [0.717, 1.165) is 45.4 Å². The second-order valence-electron chi connectivity index (χ2n) is 7.42. The molecule has 1 aromatic carbocycles. The fourth-order valence-electron chi connectivity index (χ4n) is 3.94. The van der Waals surface area contributed by atoms with Gasteiger partial charge < -0.3 is 14.6 Å². The van der Waals surface area contributed by atoms with Gasteiger partial charge in [-0.3, -0.25) is 14.5 Å². The van der Waals surface area contributed by atoms with Gasteiger partial charge in [-0.25, -0.2) is 4.98 Å². The smallest absolute Gasteiger partial charge is 0.258 e. The average Bonchev–Trinajstić information content (AvgIpc) is 3.36. The van der Waals surface area contributed by atoms with Crippen LogP contribution in [0.15, 0.2) is 29.1 Å². The standard InChI is InChI=1S/C20H26N4O3/c25-19(24-9-3-4-10-24)14-23(12-15-6-5-11-27-15)13-18-21-17-8-2-1-7-16(17)20(26)22-18/h1-2,7-8,15H,3-6,9-14H2,(H,21,22,26). The third kappa shape index (κ3) is 4.36. The van der Waals surface area contributed by atoms with Crippen molar-refractivity contribution in [2.75, 3.05) is 32.8 Å². The van der Waals surface area contributed by atoms with E-state index in [-0.39, 0.29) is 17.6 Å². The number of hydrogen-bond donors (Lipinski definition) is 1. The second-order valence-corrected chi connectivity index (χ2v) is 7.42. The molecule has 4 rings (SSSR count). The zero-order chi connectivity index (χ0) is 18.6. The number of likely N-dealkylation sites (tertiary alicyclic amines) is 1. The van der Waals surface area contributed by atoms with Crippen molar-refractivity contribution in [3.05, 3.63) is 40.4 Å². The van der Waals surface area contributed by atoms with Crippen LogP contribution < -0.4 is 5.56 Å². The van der Waals surface area contributed by atoms with E-state index in [0.29, 0.717) is 36.4 Å². The predicted octanol–water partition coefficient (Wildman–Crippen LogP) is 1.53. The number of H-pyrrole nitrogens is 1. The van der Waals surface area contributed by atoms with E-state index in [4.69, 9.17) is 4.74 Å². The minimum atomic E-state index is -0.140. The lowest BCUT2D eigenvalue weighted by molar-refractivity contribution is -0.131. The largest absolute Gasteiger partial charge is 0.377 e. The Bertz CT molecular complexity index is 854. The van der Waals surface area contributed by atoms with Gasteiger partial charge >= 0.3 is 0 Å². The van der Waals surface area contributed by atoms with E-state index in [2.05, 4.69) is 14.9 Å². The molecule has 7 nitrogen and oxygen atoms in total. The first-order chi connectivity index (χ1) is 13.2. The highest BCUT2D eigenvalue weighted by Crippen LogP contribution is 2.16. The minimum Gasteiger partial charge on any atom is -0.377 e. The summed E-state index contributed by atoms with van der Waals surface area (Å²) in [6.07, 6.45) is 4.37. The predicted molar refractivity (Wildman–Crippen MR) is 102 cm³/mol. The Balaban J connectivity index is 1.52. The molecule has 1 unspecified atom stereocenters. The maximum Gasteiger partial charge on any atom is 0.258 e. The highest BCUT2D eigenvalue weighted by atomic mass is 16.5. The van der Waals surface area contributed by atoms with Crippen molar-refractivity contribution in [2.24, 2.45) is 0 Å². The maximum atomic E-state index is 12.7. The second kappa shape index (κ2) is 8.19. The first-order valence-electron chi connectivity index (χ1n) is 9.79. The van der Waals surface area contributed by atoms with Crippen molar-refractivity contribution >= 4 is 16.8 Å². The Morgan fingerprint density at radius 3 is 2.85 bits per heavy atom. The normalized spacial score (nSPS) is 20.0. The van der Waals surface area contributed by atoms with Crippen LogP contribution in [-0.2, 0) is 16.1 Å². The molecule has 0 spiro atoms. The van der Waals surface area contributed by atoms with Gasteiger partial charge in [0.25, 0.3) is 5.56 Å². The Morgan fingerprint density at radius 2 is 2.07 bits per heavy atom. The molecule has 0 aliphatic carbocycles. The number of carbonyl (C=O) groups is 1. The topological polar surface area (TPSA) is 78.5 Å². The van der Waals surface area contributed by atoms with E-state index in [1.807, 2.05) is 23.1 Å². The van der Waals surface area contributed by atoms with E-state index in [1.165, 1.54) is 0 Å². The molecule has 1 atom stereocenters. The third-order valence-electron chi connectivity index (χ3n) is 5.34. The maximum absolute atomic E-state index is 12.7. The fraction of sp³-hybridized carbons (Fsp3) is 0.550. The zero-order valence-corrected chi connectivity index (χ0v) is 15.5. The van der Waals surface area contributed by atoms with Crippen molar-refractivity contribution in [1.82, 2.24) is 19.8 Å². The Kier molecular flexibility index (Phi) is 5.50. The van der Waals surface area contributed by atoms with E-state index in [9.17, 15) is 9.59 Å². The van der Waals surface area contributed by atoms with Crippen LogP contribution in [0.4, 0.5) is 0 Å². The highest BCUT2D eigenvalue weighted by Gasteiger charge is 2.25. The lowest BCUT2D eigenvalue weighted by atomic mass is 10.2. The van der Waals surface area contributed by atoms with Crippen molar-refractivity contribution < 1.29 is 9.53 Å². The molecule has 7 heteroatoms. The van der Waals surface area contributed by atoms with Crippen molar-refractivity contribution in [2.45, 2.75) is 38.3 Å². The molecule has 0 radical (unpaired) electrons. The number of benzene rings is 1. The third-order valence-corrected chi connectivity index (χ3v) is 5.34. The average molecular weight is 370 g/mol. The summed E-state index contributed by atoms with van der Waals surface area (Å²) >= 11 is 0. The molecule has 2 aliphatic heterocycles. The summed E-state index contributed by atoms with van der Waals surface area (Å²) in [7, 11) is 0. The zero-order valence-electron chi connectivity index (χ0n) is 15.5. The molecular weight excluding hydrogens is 344 g/mol. The lowest BCUT2D eigenvalue weighted by Gasteiger charge is -2.26. The van der Waals surface area contributed by atoms with Crippen LogP contribution in [0.1, 0.15) is 31.5 Å². The van der Waals surface area contributed by atoms with Crippen LogP contribution in [0.5, 0.6) is 0 Å². The van der Waals surface area contributed by atoms with Gasteiger partial charge in [-0.1, -0.05) is 12.1 Å². The molecule has 1 N–H and O–H groups in total. The number of hydrogen-bond acceptors (Lipinski definition) is 5. The number of carbonyl (C=O) groups excluding carboxylic acids is 1. The van der Waals surface area contributed by atoms with Gasteiger partial charge in [0, 0.05) is 26.2 Å². The first-order valence-corrected chi connectivity index (χ1v) is 9.79. The van der Waals surface area contributed by atoms with E-state index < -0.39 is 0 Å². The molecule has 3 heterocycles. The molecule has 2 saturated heterocycles. The van der Waals surface area contributed by atoms with Gasteiger partial charge in [-0.15, -0.1) is 0 Å². The summed E-state index contributed by atoms with van der Waals surface area (Å²) in [4.78, 5) is 36.4. The first kappa shape index (κ1) is 18.1. The minimum absolute atomic E-state index is 0.140. The van der Waals surface area contributed by atoms with Gasteiger partial charge in [0.15, 0.2) is 0 Å². The fourth-order valence-corrected chi connectivity index (χ4v) is 3.94. The van der Waals surface area contributed by atoms with Crippen LogP contribution in [0, 0.1) is 0 Å². The Morgan fingerprint density at radius 1 is 1.26 bits per heavy atom. The molecule has 2 aromatic rings. The van der Waals surface area contributed by atoms with Gasteiger partial charge in [-0.2, -0.15) is 0 Å². The molecular formula is C20H26N4O3. The monoisotopic (exact) mass is 370 g/mol.